The van der Waals surface area contributed by atoms with Crippen LogP contribution in [-0.2, 0) is 0 Å². The Labute approximate surface area is 94.8 Å². The van der Waals surface area contributed by atoms with Crippen molar-refractivity contribution in [2.75, 3.05) is 5.73 Å². The second-order valence-corrected chi connectivity index (χ2v) is 3.39. The summed E-state index contributed by atoms with van der Waals surface area (Å²) >= 11 is 5.75. The highest BCUT2D eigenvalue weighted by Gasteiger charge is 2.14. The van der Waals surface area contributed by atoms with Gasteiger partial charge in [-0.15, -0.1) is 0 Å². The molecule has 7 heteroatoms. The monoisotopic (exact) mass is 239 g/mol. The Kier molecular flexibility index (Phi) is 2.49. The van der Waals surface area contributed by atoms with Crippen molar-refractivity contribution in [2.45, 2.75) is 0 Å². The fourth-order valence-corrected chi connectivity index (χ4v) is 1.48. The number of oxazole rings is 1. The summed E-state index contributed by atoms with van der Waals surface area (Å²) in [5.74, 6) is 0.411. The number of benzene rings is 1. The molecule has 1 heterocycles. The summed E-state index contributed by atoms with van der Waals surface area (Å²) in [7, 11) is 0. The third kappa shape index (κ3) is 1.82. The van der Waals surface area contributed by atoms with E-state index < -0.39 is 4.92 Å². The molecule has 16 heavy (non-hydrogen) atoms. The molecule has 1 aromatic heterocycles. The Morgan fingerprint density at radius 3 is 2.75 bits per heavy atom. The molecule has 0 atom stereocenters. The van der Waals surface area contributed by atoms with Crippen LogP contribution in [0.15, 0.2) is 28.8 Å². The average Bonchev–Trinajstić information content (AvgIpc) is 2.64. The van der Waals surface area contributed by atoms with Gasteiger partial charge in [-0.25, -0.2) is 4.98 Å². The van der Waals surface area contributed by atoms with Crippen molar-refractivity contribution in [1.82, 2.24) is 4.98 Å². The van der Waals surface area contributed by atoms with Crippen LogP contribution in [0.1, 0.15) is 0 Å². The highest BCUT2D eigenvalue weighted by atomic mass is 35.5. The SMILES string of the molecule is Nc1ncc(-c2ccc([N+](=O)[O-])c(Cl)c2)o1. The molecule has 0 aliphatic heterocycles. The summed E-state index contributed by atoms with van der Waals surface area (Å²) < 4.78 is 5.06. The quantitative estimate of drug-likeness (QED) is 0.642. The molecule has 0 saturated carbocycles. The number of nitro groups is 1. The van der Waals surface area contributed by atoms with Gasteiger partial charge in [0.25, 0.3) is 11.7 Å². The minimum absolute atomic E-state index is 0.0319. The molecule has 6 nitrogen and oxygen atoms in total. The lowest BCUT2D eigenvalue weighted by Crippen LogP contribution is -1.88. The lowest BCUT2D eigenvalue weighted by molar-refractivity contribution is -0.384. The fraction of sp³-hybridized carbons (Fsp3) is 0. The molecule has 0 aliphatic rings. The molecule has 0 radical (unpaired) electrons. The fourth-order valence-electron chi connectivity index (χ4n) is 1.23. The normalized spacial score (nSPS) is 10.3. The molecule has 82 valence electrons. The van der Waals surface area contributed by atoms with Crippen LogP contribution >= 0.6 is 11.6 Å². The van der Waals surface area contributed by atoms with Crippen molar-refractivity contribution >= 4 is 23.3 Å². The Balaban J connectivity index is 2.45. The van der Waals surface area contributed by atoms with Gasteiger partial charge in [0.15, 0.2) is 5.76 Å². The minimum Gasteiger partial charge on any atom is -0.424 e. The molecule has 0 aliphatic carbocycles. The van der Waals surface area contributed by atoms with Crippen LogP contribution in [0.3, 0.4) is 0 Å². The van der Waals surface area contributed by atoms with E-state index in [2.05, 4.69) is 4.98 Å². The van der Waals surface area contributed by atoms with Gasteiger partial charge < -0.3 is 10.2 Å². The maximum absolute atomic E-state index is 10.5. The van der Waals surface area contributed by atoms with Crippen molar-refractivity contribution in [2.24, 2.45) is 0 Å². The summed E-state index contributed by atoms with van der Waals surface area (Å²) in [6.07, 6.45) is 1.42. The summed E-state index contributed by atoms with van der Waals surface area (Å²) in [4.78, 5) is 13.7. The average molecular weight is 240 g/mol. The van der Waals surface area contributed by atoms with E-state index in [-0.39, 0.29) is 16.7 Å². The largest absolute Gasteiger partial charge is 0.424 e. The summed E-state index contributed by atoms with van der Waals surface area (Å²) in [5, 5.41) is 10.6. The second-order valence-electron chi connectivity index (χ2n) is 2.99. The van der Waals surface area contributed by atoms with Crippen molar-refractivity contribution < 1.29 is 9.34 Å². The smallest absolute Gasteiger partial charge is 0.292 e. The zero-order chi connectivity index (χ0) is 11.7. The molecule has 0 fully saturated rings. The maximum atomic E-state index is 10.5. The first kappa shape index (κ1) is 10.4. The molecule has 0 amide bonds. The van der Waals surface area contributed by atoms with Crippen LogP contribution in [-0.4, -0.2) is 9.91 Å². The van der Waals surface area contributed by atoms with Gasteiger partial charge in [0.05, 0.1) is 11.1 Å². The highest BCUT2D eigenvalue weighted by Crippen LogP contribution is 2.30. The molecule has 0 spiro atoms. The van der Waals surface area contributed by atoms with Gasteiger partial charge in [0, 0.05) is 11.6 Å². The van der Waals surface area contributed by atoms with Gasteiger partial charge in [0.2, 0.25) is 0 Å². The molecule has 0 saturated heterocycles. The predicted molar refractivity (Wildman–Crippen MR) is 58.0 cm³/mol. The molecule has 0 unspecified atom stereocenters. The molecule has 0 bridgehead atoms. The number of nitrogen functional groups attached to an aromatic ring is 1. The van der Waals surface area contributed by atoms with Gasteiger partial charge >= 0.3 is 0 Å². The lowest BCUT2D eigenvalue weighted by atomic mass is 10.2. The summed E-state index contributed by atoms with van der Waals surface area (Å²) in [6, 6.07) is 4.28. The number of hydrogen-bond donors (Lipinski definition) is 1. The van der Waals surface area contributed by atoms with Gasteiger partial charge in [-0.1, -0.05) is 11.6 Å². The topological polar surface area (TPSA) is 95.2 Å². The number of halogens is 1. The van der Waals surface area contributed by atoms with E-state index in [9.17, 15) is 10.1 Å². The molecular formula is C9H6ClN3O3. The Bertz CT molecular complexity index is 553. The van der Waals surface area contributed by atoms with Crippen molar-refractivity contribution in [3.05, 3.63) is 39.5 Å². The second kappa shape index (κ2) is 3.82. The van der Waals surface area contributed by atoms with Gasteiger partial charge in [-0.2, -0.15) is 0 Å². The first-order valence-electron chi connectivity index (χ1n) is 4.23. The molecular weight excluding hydrogens is 234 g/mol. The van der Waals surface area contributed by atoms with Crippen LogP contribution < -0.4 is 5.73 Å². The van der Waals surface area contributed by atoms with Crippen LogP contribution in [0.25, 0.3) is 11.3 Å². The standard InChI is InChI=1S/C9H6ClN3O3/c10-6-3-5(1-2-7(6)13(14)15)8-4-12-9(11)16-8/h1-4H,(H2,11,12). The zero-order valence-corrected chi connectivity index (χ0v) is 8.64. The van der Waals surface area contributed by atoms with Crippen molar-refractivity contribution in [3.63, 3.8) is 0 Å². The predicted octanol–water partition coefficient (Wildman–Crippen LogP) is 2.49. The summed E-state index contributed by atoms with van der Waals surface area (Å²) in [6.45, 7) is 0. The lowest BCUT2D eigenvalue weighted by Gasteiger charge is -1.98. The minimum atomic E-state index is -0.555. The molecule has 1 aromatic carbocycles. The van der Waals surface area contributed by atoms with Crippen molar-refractivity contribution in [1.29, 1.82) is 0 Å². The number of nitrogens with zero attached hydrogens (tertiary/aromatic N) is 2. The van der Waals surface area contributed by atoms with E-state index in [4.69, 9.17) is 21.8 Å². The van der Waals surface area contributed by atoms with E-state index in [1.807, 2.05) is 0 Å². The van der Waals surface area contributed by atoms with E-state index in [0.717, 1.165) is 0 Å². The maximum Gasteiger partial charge on any atom is 0.292 e. The van der Waals surface area contributed by atoms with E-state index in [1.54, 1.807) is 0 Å². The summed E-state index contributed by atoms with van der Waals surface area (Å²) in [5.41, 5.74) is 5.74. The van der Waals surface area contributed by atoms with Crippen molar-refractivity contribution in [3.8, 4) is 11.3 Å². The molecule has 2 rings (SSSR count). The number of hydrogen-bond acceptors (Lipinski definition) is 5. The number of rotatable bonds is 2. The van der Waals surface area contributed by atoms with E-state index in [0.29, 0.717) is 11.3 Å². The number of nitro benzene ring substituents is 1. The number of anilines is 1. The van der Waals surface area contributed by atoms with E-state index >= 15 is 0 Å². The Morgan fingerprint density at radius 1 is 1.50 bits per heavy atom. The third-order valence-electron chi connectivity index (χ3n) is 1.95. The number of aromatic nitrogens is 1. The Morgan fingerprint density at radius 2 is 2.25 bits per heavy atom. The first-order chi connectivity index (χ1) is 7.58. The molecule has 2 N–H and O–H groups in total. The van der Waals surface area contributed by atoms with Crippen LogP contribution in [0, 0.1) is 10.1 Å². The van der Waals surface area contributed by atoms with E-state index in [1.165, 1.54) is 24.4 Å². The van der Waals surface area contributed by atoms with Gasteiger partial charge in [0.1, 0.15) is 5.02 Å². The van der Waals surface area contributed by atoms with Crippen LogP contribution in [0.5, 0.6) is 0 Å². The van der Waals surface area contributed by atoms with Gasteiger partial charge in [-0.3, -0.25) is 10.1 Å². The van der Waals surface area contributed by atoms with Crippen LogP contribution in [0.2, 0.25) is 5.02 Å². The zero-order valence-electron chi connectivity index (χ0n) is 7.88. The highest BCUT2D eigenvalue weighted by molar-refractivity contribution is 6.32. The van der Waals surface area contributed by atoms with Gasteiger partial charge in [-0.05, 0) is 12.1 Å². The Hall–Kier alpha value is -2.08. The first-order valence-corrected chi connectivity index (χ1v) is 4.61. The molecule has 2 aromatic rings. The number of nitrogens with two attached hydrogens (primary N) is 1. The third-order valence-corrected chi connectivity index (χ3v) is 2.26. The van der Waals surface area contributed by atoms with Crippen LogP contribution in [0.4, 0.5) is 11.7 Å².